The third-order valence-corrected chi connectivity index (χ3v) is 2.30. The number of imidazole rings is 1. The molecule has 2 rings (SSSR count). The molecule has 80 valence electrons. The number of aryl methyl sites for hydroxylation is 1. The van der Waals surface area contributed by atoms with E-state index in [9.17, 15) is 0 Å². The van der Waals surface area contributed by atoms with E-state index in [1.54, 1.807) is 18.6 Å². The van der Waals surface area contributed by atoms with Crippen LogP contribution in [0.25, 0.3) is 0 Å². The Morgan fingerprint density at radius 2 is 2.47 bits per heavy atom. The first kappa shape index (κ1) is 9.88. The summed E-state index contributed by atoms with van der Waals surface area (Å²) >= 11 is 0. The van der Waals surface area contributed by atoms with Crippen molar-refractivity contribution in [3.63, 3.8) is 0 Å². The van der Waals surface area contributed by atoms with Crippen molar-refractivity contribution in [2.24, 2.45) is 5.84 Å². The Morgan fingerprint density at radius 3 is 3.07 bits per heavy atom. The summed E-state index contributed by atoms with van der Waals surface area (Å²) in [4.78, 5) is 7.21. The van der Waals surface area contributed by atoms with Gasteiger partial charge in [-0.3, -0.25) is 10.5 Å². The van der Waals surface area contributed by atoms with Gasteiger partial charge in [0, 0.05) is 25.1 Å². The first-order chi connectivity index (χ1) is 7.36. The molecule has 0 aromatic carbocycles. The van der Waals surface area contributed by atoms with Gasteiger partial charge in [0.2, 0.25) is 0 Å². The molecule has 0 amide bonds. The van der Waals surface area contributed by atoms with E-state index in [1.807, 2.05) is 17.7 Å². The van der Waals surface area contributed by atoms with Gasteiger partial charge >= 0.3 is 0 Å². The van der Waals surface area contributed by atoms with Crippen LogP contribution in [0.4, 0.5) is 0 Å². The number of aromatic nitrogens is 4. The second-order valence-corrected chi connectivity index (χ2v) is 3.15. The highest BCUT2D eigenvalue weighted by atomic mass is 15.3. The second-order valence-electron chi connectivity index (χ2n) is 3.15. The summed E-state index contributed by atoms with van der Waals surface area (Å²) in [7, 11) is 0. The lowest BCUT2D eigenvalue weighted by atomic mass is 10.2. The van der Waals surface area contributed by atoms with Crippen LogP contribution in [0.1, 0.15) is 24.5 Å². The minimum absolute atomic E-state index is 0.151. The molecule has 0 aliphatic heterocycles. The largest absolute Gasteiger partial charge is 0.347 e. The van der Waals surface area contributed by atoms with E-state index in [1.165, 1.54) is 0 Å². The minimum Gasteiger partial charge on any atom is -0.347 e. The van der Waals surface area contributed by atoms with Crippen molar-refractivity contribution >= 4 is 0 Å². The van der Waals surface area contributed by atoms with Gasteiger partial charge < -0.3 is 4.98 Å². The molecule has 0 aliphatic rings. The molecule has 2 heterocycles. The number of hydrogen-bond donors (Lipinski definition) is 3. The molecule has 1 atom stereocenters. The number of hydrazine groups is 1. The highest BCUT2D eigenvalue weighted by molar-refractivity contribution is 5.16. The summed E-state index contributed by atoms with van der Waals surface area (Å²) in [6.07, 6.45) is 5.23. The molecule has 15 heavy (non-hydrogen) atoms. The highest BCUT2D eigenvalue weighted by Gasteiger charge is 2.18. The lowest BCUT2D eigenvalue weighted by molar-refractivity contribution is 0.528. The van der Waals surface area contributed by atoms with Gasteiger partial charge in [-0.25, -0.2) is 10.4 Å². The number of nitrogens with one attached hydrogen (secondary N) is 2. The van der Waals surface area contributed by atoms with Gasteiger partial charge in [0.1, 0.15) is 11.9 Å². The van der Waals surface area contributed by atoms with E-state index in [0.29, 0.717) is 0 Å². The monoisotopic (exact) mass is 206 g/mol. The number of hydrogen-bond acceptors (Lipinski definition) is 4. The zero-order valence-electron chi connectivity index (χ0n) is 8.51. The minimum atomic E-state index is -0.151. The van der Waals surface area contributed by atoms with E-state index in [2.05, 4.69) is 20.5 Å². The number of H-pyrrole nitrogens is 1. The smallest absolute Gasteiger partial charge is 0.130 e. The zero-order chi connectivity index (χ0) is 10.7. The molecule has 0 saturated heterocycles. The molecule has 6 nitrogen and oxygen atoms in total. The molecule has 2 aromatic heterocycles. The summed E-state index contributed by atoms with van der Waals surface area (Å²) in [6.45, 7) is 2.84. The average Bonchev–Trinajstić information content (AvgIpc) is 2.89. The van der Waals surface area contributed by atoms with Crippen LogP contribution in [0.15, 0.2) is 24.7 Å². The van der Waals surface area contributed by atoms with Gasteiger partial charge in [0.05, 0.1) is 5.69 Å². The van der Waals surface area contributed by atoms with Gasteiger partial charge in [-0.1, -0.05) is 0 Å². The molecule has 0 spiro atoms. The van der Waals surface area contributed by atoms with Crippen LogP contribution in [-0.2, 0) is 6.54 Å². The predicted molar refractivity (Wildman–Crippen MR) is 55.7 cm³/mol. The van der Waals surface area contributed by atoms with Gasteiger partial charge in [-0.2, -0.15) is 5.10 Å². The zero-order valence-corrected chi connectivity index (χ0v) is 8.51. The van der Waals surface area contributed by atoms with Gasteiger partial charge in [-0.15, -0.1) is 0 Å². The van der Waals surface area contributed by atoms with E-state index < -0.39 is 0 Å². The quantitative estimate of drug-likeness (QED) is 0.492. The van der Waals surface area contributed by atoms with E-state index in [-0.39, 0.29) is 6.04 Å². The highest BCUT2D eigenvalue weighted by Crippen LogP contribution is 2.17. The topological polar surface area (TPSA) is 84.6 Å². The fourth-order valence-electron chi connectivity index (χ4n) is 1.59. The Hall–Kier alpha value is -1.66. The summed E-state index contributed by atoms with van der Waals surface area (Å²) in [5.41, 5.74) is 3.72. The summed E-state index contributed by atoms with van der Waals surface area (Å²) in [5.74, 6) is 6.31. The standard InChI is InChI=1S/C9H14N6/c1-2-15-7(3-4-13-15)8(14-10)9-11-5-6-12-9/h3-6,8,14H,2,10H2,1H3,(H,11,12). The molecular weight excluding hydrogens is 192 g/mol. The SMILES string of the molecule is CCn1nccc1C(NN)c1ncc[nH]1. The Labute approximate surface area is 87.5 Å². The number of nitrogens with two attached hydrogens (primary N) is 1. The Morgan fingerprint density at radius 1 is 1.60 bits per heavy atom. The van der Waals surface area contributed by atoms with Crippen molar-refractivity contribution in [2.75, 3.05) is 0 Å². The summed E-state index contributed by atoms with van der Waals surface area (Å²) in [6, 6.07) is 1.78. The fraction of sp³-hybridized carbons (Fsp3) is 0.333. The van der Waals surface area contributed by atoms with Crippen molar-refractivity contribution in [1.82, 2.24) is 25.2 Å². The van der Waals surface area contributed by atoms with Crippen molar-refractivity contribution in [1.29, 1.82) is 0 Å². The van der Waals surface area contributed by atoms with Crippen LogP contribution in [0, 0.1) is 0 Å². The molecule has 0 bridgehead atoms. The van der Waals surface area contributed by atoms with Crippen LogP contribution in [-0.4, -0.2) is 19.7 Å². The Kier molecular flexibility index (Phi) is 2.79. The maximum absolute atomic E-state index is 5.53. The number of nitrogens with zero attached hydrogens (tertiary/aromatic N) is 3. The van der Waals surface area contributed by atoms with Gasteiger partial charge in [-0.05, 0) is 13.0 Å². The number of aromatic amines is 1. The Balaban J connectivity index is 2.35. The molecule has 0 aliphatic carbocycles. The molecule has 4 N–H and O–H groups in total. The van der Waals surface area contributed by atoms with Crippen LogP contribution < -0.4 is 11.3 Å². The first-order valence-electron chi connectivity index (χ1n) is 4.84. The third kappa shape index (κ3) is 1.77. The predicted octanol–water partition coefficient (Wildman–Crippen LogP) is 0.179. The second kappa shape index (κ2) is 4.24. The molecule has 0 radical (unpaired) electrons. The maximum Gasteiger partial charge on any atom is 0.130 e. The van der Waals surface area contributed by atoms with Crippen molar-refractivity contribution < 1.29 is 0 Å². The molecule has 1 unspecified atom stereocenters. The van der Waals surface area contributed by atoms with Crippen LogP contribution in [0.3, 0.4) is 0 Å². The number of rotatable bonds is 4. The van der Waals surface area contributed by atoms with E-state index in [0.717, 1.165) is 18.1 Å². The summed E-state index contributed by atoms with van der Waals surface area (Å²) in [5, 5.41) is 4.19. The summed E-state index contributed by atoms with van der Waals surface area (Å²) < 4.78 is 1.88. The molecule has 0 saturated carbocycles. The maximum atomic E-state index is 5.53. The van der Waals surface area contributed by atoms with Crippen molar-refractivity contribution in [3.05, 3.63) is 36.2 Å². The van der Waals surface area contributed by atoms with Crippen molar-refractivity contribution in [3.8, 4) is 0 Å². The van der Waals surface area contributed by atoms with E-state index >= 15 is 0 Å². The lowest BCUT2D eigenvalue weighted by Crippen LogP contribution is -2.31. The van der Waals surface area contributed by atoms with Crippen LogP contribution >= 0.6 is 0 Å². The van der Waals surface area contributed by atoms with Gasteiger partial charge in [0.15, 0.2) is 0 Å². The van der Waals surface area contributed by atoms with Crippen molar-refractivity contribution in [2.45, 2.75) is 19.5 Å². The van der Waals surface area contributed by atoms with E-state index in [4.69, 9.17) is 5.84 Å². The fourth-order valence-corrected chi connectivity index (χ4v) is 1.59. The van der Waals surface area contributed by atoms with Crippen LogP contribution in [0.2, 0.25) is 0 Å². The average molecular weight is 206 g/mol. The third-order valence-electron chi connectivity index (χ3n) is 2.30. The molecule has 0 fully saturated rings. The first-order valence-corrected chi connectivity index (χ1v) is 4.84. The van der Waals surface area contributed by atoms with Gasteiger partial charge in [0.25, 0.3) is 0 Å². The molecular formula is C9H14N6. The lowest BCUT2D eigenvalue weighted by Gasteiger charge is -2.14. The van der Waals surface area contributed by atoms with Crippen LogP contribution in [0.5, 0.6) is 0 Å². The molecule has 2 aromatic rings. The Bertz CT molecular complexity index is 404. The normalized spacial score (nSPS) is 12.9. The molecule has 6 heteroatoms.